The quantitative estimate of drug-likeness (QED) is 0.543. The lowest BCUT2D eigenvalue weighted by molar-refractivity contribution is -0.00546. The number of thioether (sulfide) groups is 1. The van der Waals surface area contributed by atoms with Gasteiger partial charge in [0.15, 0.2) is 5.82 Å². The van der Waals surface area contributed by atoms with E-state index >= 15 is 0 Å². The van der Waals surface area contributed by atoms with Crippen LogP contribution in [0.1, 0.15) is 41.5 Å². The summed E-state index contributed by atoms with van der Waals surface area (Å²) in [5, 5.41) is 6.79. The topological polar surface area (TPSA) is 93.4 Å². The number of aromatic nitrogens is 3. The molecule has 1 aromatic carbocycles. The van der Waals surface area contributed by atoms with Crippen LogP contribution in [0.25, 0.3) is 0 Å². The van der Waals surface area contributed by atoms with Gasteiger partial charge < -0.3 is 19.5 Å². The van der Waals surface area contributed by atoms with Gasteiger partial charge in [-0.25, -0.2) is 4.98 Å². The molecule has 1 aliphatic heterocycles. The molecule has 3 heterocycles. The third kappa shape index (κ3) is 5.66. The average Bonchev–Trinajstić information content (AvgIpc) is 3.21. The van der Waals surface area contributed by atoms with Gasteiger partial charge in [0, 0.05) is 30.7 Å². The van der Waals surface area contributed by atoms with Gasteiger partial charge in [-0.15, -0.1) is 11.8 Å². The van der Waals surface area contributed by atoms with Crippen LogP contribution in [0, 0.1) is 6.92 Å². The molecule has 1 fully saturated rings. The second-order valence-corrected chi connectivity index (χ2v) is 8.91. The Labute approximate surface area is 191 Å². The predicted molar refractivity (Wildman–Crippen MR) is 123 cm³/mol. The van der Waals surface area contributed by atoms with Crippen LogP contribution in [0.5, 0.6) is 0 Å². The molecule has 8 nitrogen and oxygen atoms in total. The minimum absolute atomic E-state index is 0.130. The second-order valence-electron chi connectivity index (χ2n) is 7.89. The molecule has 1 amide bonds. The van der Waals surface area contributed by atoms with Crippen molar-refractivity contribution in [3.05, 3.63) is 65.4 Å². The maximum atomic E-state index is 12.8. The summed E-state index contributed by atoms with van der Waals surface area (Å²) in [5.41, 5.74) is 1.57. The molecule has 0 saturated carbocycles. The first-order chi connectivity index (χ1) is 15.5. The van der Waals surface area contributed by atoms with Crippen molar-refractivity contribution in [2.75, 3.05) is 18.0 Å². The molecular formula is C23H27N5O3S. The summed E-state index contributed by atoms with van der Waals surface area (Å²) in [6, 6.07) is 11.5. The number of morpholine rings is 1. The minimum atomic E-state index is -0.130. The molecule has 2 unspecified atom stereocenters. The number of carbonyl (C=O) groups is 1. The zero-order valence-corrected chi connectivity index (χ0v) is 19.3. The lowest BCUT2D eigenvalue weighted by atomic mass is 10.2. The average molecular weight is 454 g/mol. The summed E-state index contributed by atoms with van der Waals surface area (Å²) < 4.78 is 10.9. The fraction of sp³-hybridized carbons (Fsp3) is 0.391. The Morgan fingerprint density at radius 2 is 1.97 bits per heavy atom. The SMILES string of the molecule is Cc1noc(CSc2ccccc2C(=O)NCc2ccc(N3CC(C)OC(C)C3)nc2)n1. The van der Waals surface area contributed by atoms with Crippen LogP contribution >= 0.6 is 11.8 Å². The smallest absolute Gasteiger partial charge is 0.252 e. The van der Waals surface area contributed by atoms with Gasteiger partial charge in [0.25, 0.3) is 5.91 Å². The summed E-state index contributed by atoms with van der Waals surface area (Å²) in [6.45, 7) is 7.99. The first kappa shape index (κ1) is 22.3. The van der Waals surface area contributed by atoms with Crippen LogP contribution in [0.3, 0.4) is 0 Å². The molecule has 2 aromatic heterocycles. The van der Waals surface area contributed by atoms with E-state index in [-0.39, 0.29) is 18.1 Å². The normalized spacial score (nSPS) is 18.5. The molecule has 4 rings (SSSR count). The van der Waals surface area contributed by atoms with Crippen molar-refractivity contribution in [3.8, 4) is 0 Å². The van der Waals surface area contributed by atoms with E-state index in [1.165, 1.54) is 11.8 Å². The zero-order valence-electron chi connectivity index (χ0n) is 18.4. The number of benzene rings is 1. The largest absolute Gasteiger partial charge is 0.372 e. The summed E-state index contributed by atoms with van der Waals surface area (Å²) in [6.07, 6.45) is 2.18. The number of pyridine rings is 1. The van der Waals surface area contributed by atoms with Gasteiger partial charge in [-0.3, -0.25) is 4.79 Å². The third-order valence-electron chi connectivity index (χ3n) is 5.06. The van der Waals surface area contributed by atoms with Gasteiger partial charge in [-0.2, -0.15) is 4.98 Å². The molecule has 1 aliphatic rings. The fourth-order valence-corrected chi connectivity index (χ4v) is 4.56. The number of ether oxygens (including phenoxy) is 1. The monoisotopic (exact) mass is 453 g/mol. The standard InChI is InChI=1S/C23H27N5O3S/c1-15-12-28(13-16(2)30-15)21-9-8-18(10-24-21)11-25-23(29)19-6-4-5-7-20(19)32-14-22-26-17(3)27-31-22/h4-10,15-16H,11-14H2,1-3H3,(H,25,29). The Balaban J connectivity index is 1.34. The highest BCUT2D eigenvalue weighted by molar-refractivity contribution is 7.98. The van der Waals surface area contributed by atoms with E-state index < -0.39 is 0 Å². The highest BCUT2D eigenvalue weighted by Crippen LogP contribution is 2.26. The first-order valence-electron chi connectivity index (χ1n) is 10.6. The number of rotatable bonds is 7. The molecule has 0 radical (unpaired) electrons. The van der Waals surface area contributed by atoms with Crippen molar-refractivity contribution in [2.45, 2.75) is 50.2 Å². The van der Waals surface area contributed by atoms with E-state index in [0.29, 0.717) is 29.6 Å². The van der Waals surface area contributed by atoms with Gasteiger partial charge in [-0.05, 0) is 44.5 Å². The van der Waals surface area contributed by atoms with Gasteiger partial charge in [0.05, 0.1) is 23.5 Å². The Hall–Kier alpha value is -2.91. The Morgan fingerprint density at radius 1 is 1.19 bits per heavy atom. The lowest BCUT2D eigenvalue weighted by Gasteiger charge is -2.36. The second kappa shape index (κ2) is 10.1. The van der Waals surface area contributed by atoms with Crippen LogP contribution in [0.15, 0.2) is 52.0 Å². The summed E-state index contributed by atoms with van der Waals surface area (Å²) in [7, 11) is 0. The maximum absolute atomic E-state index is 12.8. The van der Waals surface area contributed by atoms with Crippen LogP contribution < -0.4 is 10.2 Å². The van der Waals surface area contributed by atoms with E-state index in [1.807, 2.05) is 42.6 Å². The molecule has 2 atom stereocenters. The van der Waals surface area contributed by atoms with Crippen molar-refractivity contribution in [2.24, 2.45) is 0 Å². The van der Waals surface area contributed by atoms with Crippen LogP contribution in [-0.4, -0.2) is 46.3 Å². The number of hydrogen-bond acceptors (Lipinski definition) is 8. The van der Waals surface area contributed by atoms with Gasteiger partial charge >= 0.3 is 0 Å². The van der Waals surface area contributed by atoms with Crippen LogP contribution in [0.4, 0.5) is 5.82 Å². The van der Waals surface area contributed by atoms with Crippen molar-refractivity contribution in [1.82, 2.24) is 20.4 Å². The third-order valence-corrected chi connectivity index (χ3v) is 6.12. The number of nitrogens with one attached hydrogen (secondary N) is 1. The fourth-order valence-electron chi connectivity index (χ4n) is 3.67. The number of anilines is 1. The van der Waals surface area contributed by atoms with E-state index in [0.717, 1.165) is 29.4 Å². The van der Waals surface area contributed by atoms with Crippen molar-refractivity contribution >= 4 is 23.5 Å². The van der Waals surface area contributed by atoms with Crippen LogP contribution in [-0.2, 0) is 17.0 Å². The molecular weight excluding hydrogens is 426 g/mol. The van der Waals surface area contributed by atoms with E-state index in [1.54, 1.807) is 6.92 Å². The number of nitrogens with zero attached hydrogens (tertiary/aromatic N) is 4. The molecule has 0 aliphatic carbocycles. The van der Waals surface area contributed by atoms with E-state index in [9.17, 15) is 4.79 Å². The molecule has 3 aromatic rings. The van der Waals surface area contributed by atoms with E-state index in [2.05, 4.69) is 39.2 Å². The lowest BCUT2D eigenvalue weighted by Crippen LogP contribution is -2.45. The minimum Gasteiger partial charge on any atom is -0.372 e. The summed E-state index contributed by atoms with van der Waals surface area (Å²) in [5.74, 6) is 2.45. The van der Waals surface area contributed by atoms with Gasteiger partial charge in [-0.1, -0.05) is 23.4 Å². The maximum Gasteiger partial charge on any atom is 0.252 e. The molecule has 168 valence electrons. The van der Waals surface area contributed by atoms with Crippen molar-refractivity contribution in [3.63, 3.8) is 0 Å². The number of amides is 1. The van der Waals surface area contributed by atoms with Gasteiger partial charge in [0.1, 0.15) is 5.82 Å². The summed E-state index contributed by atoms with van der Waals surface area (Å²) >= 11 is 1.50. The molecule has 0 bridgehead atoms. The number of aryl methyl sites for hydroxylation is 1. The van der Waals surface area contributed by atoms with E-state index in [4.69, 9.17) is 9.26 Å². The number of carbonyl (C=O) groups excluding carboxylic acids is 1. The molecule has 1 saturated heterocycles. The highest BCUT2D eigenvalue weighted by atomic mass is 32.2. The number of hydrogen-bond donors (Lipinski definition) is 1. The van der Waals surface area contributed by atoms with Crippen molar-refractivity contribution < 1.29 is 14.1 Å². The molecule has 9 heteroatoms. The van der Waals surface area contributed by atoms with Crippen molar-refractivity contribution in [1.29, 1.82) is 0 Å². The van der Waals surface area contributed by atoms with Gasteiger partial charge in [0.2, 0.25) is 5.89 Å². The highest BCUT2D eigenvalue weighted by Gasteiger charge is 2.23. The molecule has 32 heavy (non-hydrogen) atoms. The Bertz CT molecular complexity index is 1050. The first-order valence-corrected chi connectivity index (χ1v) is 11.6. The predicted octanol–water partition coefficient (Wildman–Crippen LogP) is 3.61. The Morgan fingerprint density at radius 3 is 2.66 bits per heavy atom. The van der Waals surface area contributed by atoms with Crippen LogP contribution in [0.2, 0.25) is 0 Å². The molecule has 0 spiro atoms. The zero-order chi connectivity index (χ0) is 22.5. The summed E-state index contributed by atoms with van der Waals surface area (Å²) in [4.78, 5) is 24.7. The Kier molecular flexibility index (Phi) is 7.06. The molecule has 1 N–H and O–H groups in total.